The van der Waals surface area contributed by atoms with Crippen LogP contribution in [0.1, 0.15) is 38.2 Å². The molecule has 25 heavy (non-hydrogen) atoms. The number of carbonyl (C=O) groups is 1. The van der Waals surface area contributed by atoms with Crippen molar-refractivity contribution in [2.75, 3.05) is 19.6 Å². The van der Waals surface area contributed by atoms with E-state index >= 15 is 0 Å². The van der Waals surface area contributed by atoms with Crippen molar-refractivity contribution in [1.82, 2.24) is 14.2 Å². The lowest BCUT2D eigenvalue weighted by molar-refractivity contribution is -0.118. The van der Waals surface area contributed by atoms with E-state index in [1.54, 1.807) is 9.12 Å². The highest BCUT2D eigenvalue weighted by molar-refractivity contribution is 14.2. The van der Waals surface area contributed by atoms with Crippen LogP contribution in [-0.4, -0.2) is 34.9 Å². The number of benzene rings is 1. The molecule has 3 rings (SSSR count). The van der Waals surface area contributed by atoms with Crippen molar-refractivity contribution in [1.29, 1.82) is 0 Å². The summed E-state index contributed by atoms with van der Waals surface area (Å²) in [6.07, 6.45) is 7.93. The second-order valence-electron chi connectivity index (χ2n) is 7.31. The zero-order valence-electron chi connectivity index (χ0n) is 14.7. The van der Waals surface area contributed by atoms with Gasteiger partial charge in [0.05, 0.1) is 5.52 Å². The largest absolute Gasteiger partial charge is 0.341 e. The summed E-state index contributed by atoms with van der Waals surface area (Å²) in [5, 5.41) is 4.68. The van der Waals surface area contributed by atoms with E-state index in [-0.39, 0.29) is 0 Å². The van der Waals surface area contributed by atoms with E-state index in [0.717, 1.165) is 32.5 Å². The predicted octanol–water partition coefficient (Wildman–Crippen LogP) is 4.62. The van der Waals surface area contributed by atoms with Gasteiger partial charge in [0, 0.05) is 55.0 Å². The first-order valence-electron chi connectivity index (χ1n) is 8.93. The van der Waals surface area contributed by atoms with Crippen molar-refractivity contribution in [3.8, 4) is 0 Å². The van der Waals surface area contributed by atoms with Gasteiger partial charge < -0.3 is 10.2 Å². The van der Waals surface area contributed by atoms with Crippen molar-refractivity contribution in [3.63, 3.8) is 0 Å². The number of amides is 1. The lowest BCUT2D eigenvalue weighted by Gasteiger charge is -2.34. The normalized spacial score (nSPS) is 16.9. The number of nitrogens with one attached hydrogen (secondary N) is 1. The van der Waals surface area contributed by atoms with Crippen LogP contribution in [0.25, 0.3) is 10.9 Å². The Bertz CT molecular complexity index is 712. The molecule has 6 heteroatoms. The molecule has 1 saturated heterocycles. The maximum atomic E-state index is 11.6. The number of para-hydroxylation sites is 1. The van der Waals surface area contributed by atoms with Gasteiger partial charge >= 0.3 is 0 Å². The predicted molar refractivity (Wildman–Crippen MR) is 115 cm³/mol. The summed E-state index contributed by atoms with van der Waals surface area (Å²) in [4.78, 5) is 13.5. The lowest BCUT2D eigenvalue weighted by atomic mass is 9.77. The molecule has 1 N–H and O–H groups in total. The number of fused-ring (bicyclic) bond motifs is 1. The maximum Gasteiger partial charge on any atom is 0.210 e. The molecule has 2 aromatic rings. The highest BCUT2D eigenvalue weighted by Crippen LogP contribution is 2.33. The van der Waals surface area contributed by atoms with Gasteiger partial charge in [0.1, 0.15) is 0 Å². The number of carbonyl (C=O) groups excluding carboxylic acids is 1. The van der Waals surface area contributed by atoms with Gasteiger partial charge in [-0.25, -0.2) is 0 Å². The van der Waals surface area contributed by atoms with Crippen LogP contribution in [0, 0.1) is 5.41 Å². The van der Waals surface area contributed by atoms with E-state index in [1.165, 1.54) is 35.7 Å². The van der Waals surface area contributed by atoms with Crippen LogP contribution in [-0.2, 0) is 11.3 Å². The molecule has 0 saturated carbocycles. The molecule has 1 fully saturated rings. The van der Waals surface area contributed by atoms with Crippen molar-refractivity contribution < 1.29 is 4.79 Å². The minimum absolute atomic E-state index is 0.438. The smallest absolute Gasteiger partial charge is 0.210 e. The summed E-state index contributed by atoms with van der Waals surface area (Å²) in [5.41, 5.74) is 2.87. The first-order valence-corrected chi connectivity index (χ1v) is 12.2. The quantitative estimate of drug-likeness (QED) is 0.451. The molecule has 1 aromatic carbocycles. The van der Waals surface area contributed by atoms with Crippen LogP contribution in [0.5, 0.6) is 0 Å². The van der Waals surface area contributed by atoms with Crippen LogP contribution in [0.15, 0.2) is 30.5 Å². The molecule has 136 valence electrons. The third-order valence-electron chi connectivity index (χ3n) is 5.39. The third kappa shape index (κ3) is 4.71. The van der Waals surface area contributed by atoms with Crippen molar-refractivity contribution in [3.05, 3.63) is 36.0 Å². The summed E-state index contributed by atoms with van der Waals surface area (Å²) < 4.78 is 2.17. The van der Waals surface area contributed by atoms with Gasteiger partial charge in [-0.15, -0.1) is 0 Å². The van der Waals surface area contributed by atoms with E-state index in [9.17, 15) is 4.79 Å². The van der Waals surface area contributed by atoms with Crippen LogP contribution >= 0.6 is 30.3 Å². The fraction of sp³-hybridized carbons (Fsp3) is 0.526. The molecule has 0 unspecified atom stereocenters. The third-order valence-corrected chi connectivity index (χ3v) is 7.12. The van der Waals surface area contributed by atoms with Gasteiger partial charge in [-0.05, 0) is 55.8 Å². The molecule has 0 bridgehead atoms. The number of halogens is 1. The Morgan fingerprint density at radius 3 is 2.84 bits per heavy atom. The topological polar surface area (TPSA) is 37.3 Å². The Labute approximate surface area is 166 Å². The number of hydrogen-bond donors (Lipinski definition) is 1. The monoisotopic (exact) mass is 471 g/mol. The zero-order valence-corrected chi connectivity index (χ0v) is 17.7. The van der Waals surface area contributed by atoms with Gasteiger partial charge in [-0.3, -0.25) is 8.77 Å². The molecule has 4 nitrogen and oxygen atoms in total. The SMILES string of the molecule is CC1(CCCN(C=O)Cc2cn(SI)c3ccccc23)CCNCC1. The van der Waals surface area contributed by atoms with Crippen LogP contribution < -0.4 is 5.32 Å². The van der Waals surface area contributed by atoms with E-state index in [2.05, 4.69) is 67.9 Å². The lowest BCUT2D eigenvalue weighted by Crippen LogP contribution is -2.35. The van der Waals surface area contributed by atoms with E-state index in [4.69, 9.17) is 0 Å². The van der Waals surface area contributed by atoms with Gasteiger partial charge in [0.2, 0.25) is 6.41 Å². The molecule has 0 radical (unpaired) electrons. The number of aromatic nitrogens is 1. The van der Waals surface area contributed by atoms with Crippen molar-refractivity contribution in [2.45, 2.75) is 39.2 Å². The number of piperidine rings is 1. The average molecular weight is 471 g/mol. The Morgan fingerprint density at radius 2 is 2.12 bits per heavy atom. The van der Waals surface area contributed by atoms with Gasteiger partial charge in [-0.2, -0.15) is 0 Å². The minimum atomic E-state index is 0.438. The average Bonchev–Trinajstić information content (AvgIpc) is 2.99. The fourth-order valence-electron chi connectivity index (χ4n) is 3.78. The second kappa shape index (κ2) is 8.77. The summed E-state index contributed by atoms with van der Waals surface area (Å²) in [6, 6.07) is 8.41. The number of hydrogen-bond acceptors (Lipinski definition) is 3. The van der Waals surface area contributed by atoms with Gasteiger partial charge in [0.15, 0.2) is 0 Å². The molecule has 2 heterocycles. The van der Waals surface area contributed by atoms with E-state index in [0.29, 0.717) is 12.0 Å². The number of nitrogens with zero attached hydrogens (tertiary/aromatic N) is 2. The Hall–Kier alpha value is -0.730. The first-order chi connectivity index (χ1) is 12.1. The molecular formula is C19H26IN3OS. The van der Waals surface area contributed by atoms with Gasteiger partial charge in [0.25, 0.3) is 0 Å². The Balaban J connectivity index is 1.61. The minimum Gasteiger partial charge on any atom is -0.341 e. The molecule has 1 aliphatic rings. The maximum absolute atomic E-state index is 11.6. The van der Waals surface area contributed by atoms with Crippen LogP contribution in [0.4, 0.5) is 0 Å². The second-order valence-corrected chi connectivity index (χ2v) is 9.02. The van der Waals surface area contributed by atoms with Crippen molar-refractivity contribution in [2.24, 2.45) is 5.41 Å². The molecule has 1 amide bonds. The van der Waals surface area contributed by atoms with Crippen LogP contribution in [0.3, 0.4) is 0 Å². The number of rotatable bonds is 8. The van der Waals surface area contributed by atoms with E-state index < -0.39 is 0 Å². The first kappa shape index (κ1) is 19.0. The molecular weight excluding hydrogens is 445 g/mol. The summed E-state index contributed by atoms with van der Waals surface area (Å²) in [6.45, 7) is 6.17. The molecule has 0 aliphatic carbocycles. The molecule has 0 spiro atoms. The molecule has 0 atom stereocenters. The molecule has 1 aromatic heterocycles. The highest BCUT2D eigenvalue weighted by atomic mass is 127. The highest BCUT2D eigenvalue weighted by Gasteiger charge is 2.26. The summed E-state index contributed by atoms with van der Waals surface area (Å²) >= 11 is 2.30. The zero-order chi connectivity index (χ0) is 17.7. The summed E-state index contributed by atoms with van der Waals surface area (Å²) in [7, 11) is 1.66. The van der Waals surface area contributed by atoms with Crippen LogP contribution in [0.2, 0.25) is 0 Å². The van der Waals surface area contributed by atoms with E-state index in [1.807, 2.05) is 4.90 Å². The summed E-state index contributed by atoms with van der Waals surface area (Å²) in [5.74, 6) is 0. The standard InChI is InChI=1S/C19H26IN3OS/c1-19(8-10-21-11-9-19)7-4-12-22(15-24)13-16-14-23(25-20)18-6-3-2-5-17(16)18/h2-3,5-6,14-15,21H,4,7-13H2,1H3. The van der Waals surface area contributed by atoms with Crippen molar-refractivity contribution >= 4 is 47.6 Å². The fourth-order valence-corrected chi connectivity index (χ4v) is 5.16. The Kier molecular flexibility index (Phi) is 6.68. The molecule has 1 aliphatic heterocycles. The Morgan fingerprint density at radius 1 is 1.36 bits per heavy atom. The van der Waals surface area contributed by atoms with Gasteiger partial charge in [-0.1, -0.05) is 25.1 Å².